The molecule has 6 heteroatoms. The van der Waals surface area contributed by atoms with Crippen molar-refractivity contribution in [3.8, 4) is 5.75 Å². The van der Waals surface area contributed by atoms with E-state index in [1.165, 1.54) is 0 Å². The minimum Gasteiger partial charge on any atom is -0.497 e. The van der Waals surface area contributed by atoms with E-state index in [0.29, 0.717) is 13.1 Å². The lowest BCUT2D eigenvalue weighted by Gasteiger charge is -2.23. The monoisotopic (exact) mass is 335 g/mol. The summed E-state index contributed by atoms with van der Waals surface area (Å²) in [7, 11) is 5.58. The van der Waals surface area contributed by atoms with Crippen LogP contribution in [0.2, 0.25) is 0 Å². The average molecular weight is 335 g/mol. The highest BCUT2D eigenvalue weighted by molar-refractivity contribution is 6.04. The van der Waals surface area contributed by atoms with Crippen LogP contribution in [0.5, 0.6) is 5.75 Å². The number of ether oxygens (including phenoxy) is 1. The molecule has 0 unspecified atom stereocenters. The van der Waals surface area contributed by atoms with Crippen molar-refractivity contribution in [1.82, 2.24) is 15.5 Å². The van der Waals surface area contributed by atoms with E-state index in [4.69, 9.17) is 4.74 Å². The molecular weight excluding hydrogens is 306 g/mol. The molecule has 0 aliphatic rings. The number of methoxy groups -OCH3 is 1. The lowest BCUT2D eigenvalue weighted by Crippen LogP contribution is -2.48. The molecule has 24 heavy (non-hydrogen) atoms. The van der Waals surface area contributed by atoms with Gasteiger partial charge in [0.1, 0.15) is 11.2 Å². The van der Waals surface area contributed by atoms with Gasteiger partial charge >= 0.3 is 0 Å². The van der Waals surface area contributed by atoms with E-state index in [1.807, 2.05) is 38.4 Å². The zero-order valence-corrected chi connectivity index (χ0v) is 15.3. The summed E-state index contributed by atoms with van der Waals surface area (Å²) in [6.45, 7) is 5.10. The normalized spacial score (nSPS) is 11.2. The maximum atomic E-state index is 12.3. The molecule has 134 valence electrons. The maximum Gasteiger partial charge on any atom is 0.235 e. The van der Waals surface area contributed by atoms with Crippen molar-refractivity contribution in [2.75, 3.05) is 34.3 Å². The molecule has 0 saturated carbocycles. The highest BCUT2D eigenvalue weighted by Crippen LogP contribution is 2.16. The van der Waals surface area contributed by atoms with E-state index in [1.54, 1.807) is 21.0 Å². The van der Waals surface area contributed by atoms with E-state index in [-0.39, 0.29) is 11.8 Å². The van der Waals surface area contributed by atoms with Crippen LogP contribution < -0.4 is 15.4 Å². The molecule has 0 spiro atoms. The molecule has 0 bridgehead atoms. The Morgan fingerprint density at radius 3 is 2.21 bits per heavy atom. The summed E-state index contributed by atoms with van der Waals surface area (Å²) in [5.41, 5.74) is -0.156. The van der Waals surface area contributed by atoms with Crippen LogP contribution in [0.1, 0.15) is 25.8 Å². The zero-order chi connectivity index (χ0) is 18.2. The summed E-state index contributed by atoms with van der Waals surface area (Å²) in [6, 6.07) is 7.44. The van der Waals surface area contributed by atoms with Crippen molar-refractivity contribution in [1.29, 1.82) is 0 Å². The first-order chi connectivity index (χ1) is 11.3. The third-order valence-electron chi connectivity index (χ3n) is 3.82. The minimum atomic E-state index is -1.11. The van der Waals surface area contributed by atoms with Crippen molar-refractivity contribution in [2.24, 2.45) is 5.41 Å². The molecule has 0 atom stereocenters. The van der Waals surface area contributed by atoms with Crippen LogP contribution in [0.15, 0.2) is 24.3 Å². The molecule has 0 heterocycles. The topological polar surface area (TPSA) is 70.7 Å². The van der Waals surface area contributed by atoms with E-state index in [9.17, 15) is 9.59 Å². The zero-order valence-electron chi connectivity index (χ0n) is 15.3. The number of carbonyl (C=O) groups excluding carboxylic acids is 2. The molecule has 0 radical (unpaired) electrons. The molecule has 2 amide bonds. The van der Waals surface area contributed by atoms with Crippen LogP contribution in [0, 0.1) is 5.41 Å². The largest absolute Gasteiger partial charge is 0.497 e. The van der Waals surface area contributed by atoms with Gasteiger partial charge in [-0.1, -0.05) is 12.1 Å². The molecule has 1 rings (SSSR count). The van der Waals surface area contributed by atoms with Gasteiger partial charge in [0.15, 0.2) is 0 Å². The van der Waals surface area contributed by atoms with E-state index < -0.39 is 5.41 Å². The number of carbonyl (C=O) groups is 2. The fourth-order valence-electron chi connectivity index (χ4n) is 2.07. The van der Waals surface area contributed by atoms with Gasteiger partial charge in [0.25, 0.3) is 0 Å². The van der Waals surface area contributed by atoms with Gasteiger partial charge in [-0.3, -0.25) is 9.59 Å². The quantitative estimate of drug-likeness (QED) is 0.529. The Balaban J connectivity index is 2.46. The van der Waals surface area contributed by atoms with Gasteiger partial charge in [0.05, 0.1) is 7.11 Å². The van der Waals surface area contributed by atoms with Gasteiger partial charge in [-0.15, -0.1) is 0 Å². The second-order valence-electron chi connectivity index (χ2n) is 6.57. The number of hydrogen-bond donors (Lipinski definition) is 2. The molecule has 0 saturated heterocycles. The Morgan fingerprint density at radius 2 is 1.67 bits per heavy atom. The summed E-state index contributed by atoms with van der Waals surface area (Å²) < 4.78 is 5.10. The molecule has 0 fully saturated rings. The van der Waals surface area contributed by atoms with Crippen molar-refractivity contribution in [3.05, 3.63) is 29.8 Å². The number of amides is 2. The second-order valence-corrected chi connectivity index (χ2v) is 6.57. The molecule has 0 aromatic heterocycles. The van der Waals surface area contributed by atoms with Gasteiger partial charge in [0, 0.05) is 13.1 Å². The van der Waals surface area contributed by atoms with Crippen molar-refractivity contribution < 1.29 is 14.3 Å². The minimum absolute atomic E-state index is 0.256. The summed E-state index contributed by atoms with van der Waals surface area (Å²) in [5.74, 6) is 0.222. The SMILES string of the molecule is COc1ccc(CNC(=O)C(C)(C)C(=O)NCCCN(C)C)cc1. The van der Waals surface area contributed by atoms with Crippen LogP contribution in [-0.2, 0) is 16.1 Å². The number of nitrogens with one attached hydrogen (secondary N) is 2. The Labute approximate surface area is 144 Å². The van der Waals surface area contributed by atoms with E-state index in [0.717, 1.165) is 24.3 Å². The van der Waals surface area contributed by atoms with Crippen LogP contribution in [0.3, 0.4) is 0 Å². The Morgan fingerprint density at radius 1 is 1.08 bits per heavy atom. The summed E-state index contributed by atoms with van der Waals surface area (Å²) >= 11 is 0. The third kappa shape index (κ3) is 6.20. The Hall–Kier alpha value is -2.08. The molecule has 1 aromatic rings. The van der Waals surface area contributed by atoms with Crippen molar-refractivity contribution in [3.63, 3.8) is 0 Å². The predicted octanol–water partition coefficient (Wildman–Crippen LogP) is 1.41. The molecule has 2 N–H and O–H groups in total. The fourth-order valence-corrected chi connectivity index (χ4v) is 2.07. The number of hydrogen-bond acceptors (Lipinski definition) is 4. The van der Waals surface area contributed by atoms with Crippen molar-refractivity contribution >= 4 is 11.8 Å². The summed E-state index contributed by atoms with van der Waals surface area (Å²) in [4.78, 5) is 26.6. The highest BCUT2D eigenvalue weighted by Gasteiger charge is 2.35. The smallest absolute Gasteiger partial charge is 0.235 e. The first-order valence-corrected chi connectivity index (χ1v) is 8.11. The van der Waals surface area contributed by atoms with Gasteiger partial charge < -0.3 is 20.3 Å². The first kappa shape index (κ1) is 20.0. The van der Waals surface area contributed by atoms with E-state index >= 15 is 0 Å². The first-order valence-electron chi connectivity index (χ1n) is 8.11. The van der Waals surface area contributed by atoms with Crippen LogP contribution in [-0.4, -0.2) is 51.0 Å². The van der Waals surface area contributed by atoms with Gasteiger partial charge in [-0.25, -0.2) is 0 Å². The molecule has 6 nitrogen and oxygen atoms in total. The summed E-state index contributed by atoms with van der Waals surface area (Å²) in [6.07, 6.45) is 0.849. The Kier molecular flexibility index (Phi) is 7.71. The fraction of sp³-hybridized carbons (Fsp3) is 0.556. The molecule has 1 aromatic carbocycles. The predicted molar refractivity (Wildman–Crippen MR) is 94.8 cm³/mol. The second kappa shape index (κ2) is 9.27. The van der Waals surface area contributed by atoms with Crippen LogP contribution in [0.4, 0.5) is 0 Å². The molecular formula is C18H29N3O3. The lowest BCUT2D eigenvalue weighted by atomic mass is 9.91. The van der Waals surface area contributed by atoms with Crippen LogP contribution >= 0.6 is 0 Å². The van der Waals surface area contributed by atoms with Gasteiger partial charge in [0.2, 0.25) is 11.8 Å². The van der Waals surface area contributed by atoms with Gasteiger partial charge in [-0.2, -0.15) is 0 Å². The number of nitrogens with zero attached hydrogens (tertiary/aromatic N) is 1. The standard InChI is InChI=1S/C18H29N3O3/c1-18(2,16(22)19-11-6-12-21(3)4)17(23)20-13-14-7-9-15(24-5)10-8-14/h7-10H,6,11-13H2,1-5H3,(H,19,22)(H,20,23). The number of rotatable bonds is 9. The summed E-state index contributed by atoms with van der Waals surface area (Å²) in [5, 5.41) is 5.65. The lowest BCUT2D eigenvalue weighted by molar-refractivity contribution is -0.141. The van der Waals surface area contributed by atoms with Gasteiger partial charge in [-0.05, 0) is 58.6 Å². The van der Waals surface area contributed by atoms with Crippen molar-refractivity contribution in [2.45, 2.75) is 26.8 Å². The molecule has 0 aliphatic carbocycles. The molecule has 0 aliphatic heterocycles. The van der Waals surface area contributed by atoms with E-state index in [2.05, 4.69) is 15.5 Å². The highest BCUT2D eigenvalue weighted by atomic mass is 16.5. The maximum absolute atomic E-state index is 12.3. The van der Waals surface area contributed by atoms with Crippen LogP contribution in [0.25, 0.3) is 0 Å². The average Bonchev–Trinajstić information content (AvgIpc) is 2.56. The Bertz CT molecular complexity index is 539. The third-order valence-corrected chi connectivity index (χ3v) is 3.82. The number of benzene rings is 1.